The molecule has 2 heteroatoms. The van der Waals surface area contributed by atoms with Crippen LogP contribution in [0.4, 0.5) is 0 Å². The molecule has 0 radical (unpaired) electrons. The highest BCUT2D eigenvalue weighted by Crippen LogP contribution is 2.30. The molecule has 0 aromatic rings. The van der Waals surface area contributed by atoms with Gasteiger partial charge in [-0.25, -0.2) is 0 Å². The fourth-order valence-electron chi connectivity index (χ4n) is 1.29. The third kappa shape index (κ3) is 0.572. The summed E-state index contributed by atoms with van der Waals surface area (Å²) in [5, 5.41) is 4.41. The molecule has 0 saturated carbocycles. The Bertz CT molecular complexity index is 66.1. The van der Waals surface area contributed by atoms with E-state index in [0.717, 1.165) is 11.3 Å². The molecule has 2 atom stereocenters. The summed E-state index contributed by atoms with van der Waals surface area (Å²) in [6.45, 7) is 1.27. The van der Waals surface area contributed by atoms with Gasteiger partial charge in [0, 0.05) is 23.6 Å². The first-order chi connectivity index (χ1) is 3.45. The van der Waals surface area contributed by atoms with E-state index in [4.69, 9.17) is 0 Å². The van der Waals surface area contributed by atoms with E-state index in [2.05, 4.69) is 17.1 Å². The zero-order valence-corrected chi connectivity index (χ0v) is 5.00. The van der Waals surface area contributed by atoms with Gasteiger partial charge in [-0.3, -0.25) is 0 Å². The molecule has 0 unspecified atom stereocenters. The molecule has 2 bridgehead atoms. The van der Waals surface area contributed by atoms with Crippen LogP contribution in [-0.2, 0) is 0 Å². The molecule has 0 spiro atoms. The van der Waals surface area contributed by atoms with Crippen molar-refractivity contribution >= 4 is 11.8 Å². The average molecular weight is 115 g/mol. The first-order valence-electron chi connectivity index (χ1n) is 2.80. The molecule has 0 aromatic heterocycles. The summed E-state index contributed by atoms with van der Waals surface area (Å²) >= 11 is 2.13. The number of fused-ring (bicyclic) bond motifs is 2. The molecule has 7 heavy (non-hydrogen) atoms. The Labute approximate surface area is 47.9 Å². The summed E-state index contributed by atoms with van der Waals surface area (Å²) in [7, 11) is 0. The van der Waals surface area contributed by atoms with Crippen molar-refractivity contribution < 1.29 is 0 Å². The zero-order valence-electron chi connectivity index (χ0n) is 4.18. The van der Waals surface area contributed by atoms with Crippen LogP contribution in [0.5, 0.6) is 0 Å². The second-order valence-electron chi connectivity index (χ2n) is 2.30. The fourth-order valence-corrected chi connectivity index (χ4v) is 2.63. The fraction of sp³-hybridized carbons (Fsp3) is 1.00. The molecule has 2 rings (SSSR count). The topological polar surface area (TPSA) is 12.0 Å². The molecule has 40 valence electrons. The lowest BCUT2D eigenvalue weighted by Gasteiger charge is -2.08. The summed E-state index contributed by atoms with van der Waals surface area (Å²) < 4.78 is 0. The summed E-state index contributed by atoms with van der Waals surface area (Å²) in [5.41, 5.74) is 0. The molecular formula is C5H9NS. The molecular weight excluding hydrogens is 106 g/mol. The first-order valence-corrected chi connectivity index (χ1v) is 3.85. The van der Waals surface area contributed by atoms with E-state index in [-0.39, 0.29) is 0 Å². The van der Waals surface area contributed by atoms with E-state index in [1.54, 1.807) is 0 Å². The minimum absolute atomic E-state index is 0.884. The van der Waals surface area contributed by atoms with Crippen molar-refractivity contribution in [3.8, 4) is 0 Å². The Kier molecular flexibility index (Phi) is 0.837. The first kappa shape index (κ1) is 4.21. The van der Waals surface area contributed by atoms with Crippen LogP contribution in [0.25, 0.3) is 0 Å². The molecule has 2 fully saturated rings. The maximum absolute atomic E-state index is 3.44. The predicted molar refractivity (Wildman–Crippen MR) is 32.7 cm³/mol. The summed E-state index contributed by atoms with van der Waals surface area (Å²) in [4.78, 5) is 0. The zero-order chi connectivity index (χ0) is 4.69. The largest absolute Gasteiger partial charge is 0.312 e. The Morgan fingerprint density at radius 2 is 2.57 bits per heavy atom. The maximum Gasteiger partial charge on any atom is 0.0188 e. The van der Waals surface area contributed by atoms with Crippen molar-refractivity contribution in [2.75, 3.05) is 12.3 Å². The molecule has 0 aliphatic carbocycles. The highest BCUT2D eigenvalue weighted by molar-refractivity contribution is 8.00. The van der Waals surface area contributed by atoms with Crippen LogP contribution < -0.4 is 5.32 Å². The molecule has 1 nitrogen and oxygen atoms in total. The van der Waals surface area contributed by atoms with Crippen molar-refractivity contribution in [1.82, 2.24) is 5.32 Å². The van der Waals surface area contributed by atoms with Crippen LogP contribution in [0.1, 0.15) is 6.42 Å². The van der Waals surface area contributed by atoms with Gasteiger partial charge in [0.15, 0.2) is 0 Å². The number of thioether (sulfide) groups is 1. The van der Waals surface area contributed by atoms with Crippen molar-refractivity contribution in [1.29, 1.82) is 0 Å². The van der Waals surface area contributed by atoms with Crippen LogP contribution in [0.2, 0.25) is 0 Å². The van der Waals surface area contributed by atoms with Gasteiger partial charge in [0.25, 0.3) is 0 Å². The van der Waals surface area contributed by atoms with Gasteiger partial charge >= 0.3 is 0 Å². The monoisotopic (exact) mass is 115 g/mol. The van der Waals surface area contributed by atoms with Gasteiger partial charge < -0.3 is 5.32 Å². The van der Waals surface area contributed by atoms with Crippen LogP contribution in [-0.4, -0.2) is 23.6 Å². The van der Waals surface area contributed by atoms with Crippen molar-refractivity contribution in [2.24, 2.45) is 0 Å². The third-order valence-electron chi connectivity index (χ3n) is 1.71. The summed E-state index contributed by atoms with van der Waals surface area (Å²) in [5.74, 6) is 1.37. The minimum Gasteiger partial charge on any atom is -0.312 e. The lowest BCUT2D eigenvalue weighted by atomic mass is 10.3. The third-order valence-corrected chi connectivity index (χ3v) is 3.14. The molecule has 2 aliphatic rings. The molecule has 0 amide bonds. The van der Waals surface area contributed by atoms with E-state index in [0.29, 0.717) is 0 Å². The van der Waals surface area contributed by atoms with Crippen molar-refractivity contribution in [3.05, 3.63) is 0 Å². The lowest BCUT2D eigenvalue weighted by Crippen LogP contribution is -2.26. The normalized spacial score (nSPS) is 48.0. The van der Waals surface area contributed by atoms with Gasteiger partial charge in [0.2, 0.25) is 0 Å². The van der Waals surface area contributed by atoms with Crippen LogP contribution in [0.3, 0.4) is 0 Å². The van der Waals surface area contributed by atoms with Crippen molar-refractivity contribution in [3.63, 3.8) is 0 Å². The molecule has 1 N–H and O–H groups in total. The quantitative estimate of drug-likeness (QED) is 0.492. The van der Waals surface area contributed by atoms with Gasteiger partial charge in [0.05, 0.1) is 0 Å². The number of hydrogen-bond acceptors (Lipinski definition) is 2. The Hall–Kier alpha value is 0.310. The lowest BCUT2D eigenvalue weighted by molar-refractivity contribution is 0.679. The highest BCUT2D eigenvalue weighted by Gasteiger charge is 2.30. The predicted octanol–water partition coefficient (Wildman–Crippen LogP) is 0.464. The number of hydrogen-bond donors (Lipinski definition) is 1. The Balaban J connectivity index is 2.12. The van der Waals surface area contributed by atoms with Crippen molar-refractivity contribution in [2.45, 2.75) is 17.7 Å². The standard InChI is InChI=1S/C5H9NS/c1-4-3-7-5(1)2-6-4/h4-6H,1-3H2/t4-,5-/m1/s1. The second-order valence-corrected chi connectivity index (χ2v) is 3.63. The average Bonchev–Trinajstić information content (AvgIpc) is 2.22. The van der Waals surface area contributed by atoms with E-state index in [9.17, 15) is 0 Å². The van der Waals surface area contributed by atoms with Gasteiger partial charge in [-0.2, -0.15) is 11.8 Å². The van der Waals surface area contributed by atoms with E-state index < -0.39 is 0 Å². The molecule has 0 aromatic carbocycles. The van der Waals surface area contributed by atoms with E-state index in [1.807, 2.05) is 0 Å². The minimum atomic E-state index is 0.884. The Morgan fingerprint density at radius 3 is 2.71 bits per heavy atom. The van der Waals surface area contributed by atoms with Crippen LogP contribution >= 0.6 is 11.8 Å². The highest BCUT2D eigenvalue weighted by atomic mass is 32.2. The molecule has 2 heterocycles. The van der Waals surface area contributed by atoms with Crippen LogP contribution in [0.15, 0.2) is 0 Å². The van der Waals surface area contributed by atoms with E-state index >= 15 is 0 Å². The van der Waals surface area contributed by atoms with Crippen LogP contribution in [0, 0.1) is 0 Å². The SMILES string of the molecule is C1S[C@H]2CN[C@@H]1C2. The number of rotatable bonds is 0. The van der Waals surface area contributed by atoms with Gasteiger partial charge in [-0.05, 0) is 6.42 Å². The second kappa shape index (κ2) is 1.39. The summed E-state index contributed by atoms with van der Waals surface area (Å²) in [6.07, 6.45) is 1.44. The van der Waals surface area contributed by atoms with Gasteiger partial charge in [0.1, 0.15) is 0 Å². The molecule has 2 saturated heterocycles. The Morgan fingerprint density at radius 1 is 1.57 bits per heavy atom. The number of nitrogens with one attached hydrogen (secondary N) is 1. The van der Waals surface area contributed by atoms with Gasteiger partial charge in [-0.15, -0.1) is 0 Å². The van der Waals surface area contributed by atoms with Gasteiger partial charge in [-0.1, -0.05) is 0 Å². The maximum atomic E-state index is 3.44. The summed E-state index contributed by atoms with van der Waals surface area (Å²) in [6, 6.07) is 0.884. The van der Waals surface area contributed by atoms with E-state index in [1.165, 1.54) is 18.7 Å². The molecule has 2 aliphatic heterocycles. The smallest absolute Gasteiger partial charge is 0.0188 e.